The highest BCUT2D eigenvalue weighted by molar-refractivity contribution is 5.94. The van der Waals surface area contributed by atoms with Crippen molar-refractivity contribution in [3.05, 3.63) is 65.2 Å². The lowest BCUT2D eigenvalue weighted by atomic mass is 10.0. The van der Waals surface area contributed by atoms with Crippen molar-refractivity contribution in [3.63, 3.8) is 0 Å². The molecule has 0 N–H and O–H groups in total. The van der Waals surface area contributed by atoms with Crippen LogP contribution in [0.25, 0.3) is 0 Å². The first-order chi connectivity index (χ1) is 15.5. The second-order valence-corrected chi connectivity index (χ2v) is 7.76. The summed E-state index contributed by atoms with van der Waals surface area (Å²) in [5, 5.41) is 0. The van der Waals surface area contributed by atoms with Crippen LogP contribution in [0, 0.1) is 6.92 Å². The Labute approximate surface area is 188 Å². The minimum absolute atomic E-state index is 0.0955. The third kappa shape index (κ3) is 6.33. The van der Waals surface area contributed by atoms with Gasteiger partial charge in [-0.25, -0.2) is 4.79 Å². The molecular weight excluding hydrogens is 408 g/mol. The first-order valence-electron chi connectivity index (χ1n) is 11.0. The highest BCUT2D eigenvalue weighted by Gasteiger charge is 2.23. The highest BCUT2D eigenvalue weighted by atomic mass is 16.7. The average molecular weight is 439 g/mol. The summed E-state index contributed by atoms with van der Waals surface area (Å²) in [6.07, 6.45) is 1.17. The van der Waals surface area contributed by atoms with Crippen LogP contribution in [-0.2, 0) is 16.0 Å². The van der Waals surface area contributed by atoms with Crippen LogP contribution in [-0.4, -0.2) is 60.6 Å². The molecule has 2 aromatic carbocycles. The summed E-state index contributed by atoms with van der Waals surface area (Å²) in [6.45, 7) is 6.27. The Morgan fingerprint density at radius 2 is 1.59 bits per heavy atom. The second-order valence-electron chi connectivity index (χ2n) is 7.76. The average Bonchev–Trinajstić information content (AvgIpc) is 3.05. The number of rotatable bonds is 6. The van der Waals surface area contributed by atoms with Crippen molar-refractivity contribution in [2.75, 3.05) is 32.8 Å². The molecular formula is C25H30N2O5. The number of amides is 2. The van der Waals surface area contributed by atoms with E-state index < -0.39 is 6.16 Å². The molecule has 0 aliphatic carbocycles. The first kappa shape index (κ1) is 23.3. The zero-order valence-corrected chi connectivity index (χ0v) is 18.7. The van der Waals surface area contributed by atoms with E-state index in [1.807, 2.05) is 17.0 Å². The van der Waals surface area contributed by atoms with Gasteiger partial charge in [-0.05, 0) is 62.1 Å². The third-order valence-electron chi connectivity index (χ3n) is 5.57. The Kier molecular flexibility index (Phi) is 8.25. The van der Waals surface area contributed by atoms with Gasteiger partial charge in [0.25, 0.3) is 5.91 Å². The zero-order valence-electron chi connectivity index (χ0n) is 18.7. The molecule has 170 valence electrons. The zero-order chi connectivity index (χ0) is 22.9. The summed E-state index contributed by atoms with van der Waals surface area (Å²) in [7, 11) is 0. The maximum Gasteiger partial charge on any atom is 0.513 e. The van der Waals surface area contributed by atoms with Gasteiger partial charge in [0.15, 0.2) is 0 Å². The van der Waals surface area contributed by atoms with E-state index in [0.29, 0.717) is 43.9 Å². The highest BCUT2D eigenvalue weighted by Crippen LogP contribution is 2.16. The molecule has 32 heavy (non-hydrogen) atoms. The topological polar surface area (TPSA) is 76.2 Å². The maximum absolute atomic E-state index is 12.9. The third-order valence-corrected chi connectivity index (χ3v) is 5.57. The van der Waals surface area contributed by atoms with Crippen LogP contribution < -0.4 is 4.74 Å². The Balaban J connectivity index is 1.51. The fraction of sp³-hybridized carbons (Fsp3) is 0.400. The van der Waals surface area contributed by atoms with Gasteiger partial charge in [-0.15, -0.1) is 0 Å². The molecule has 7 nitrogen and oxygen atoms in total. The minimum Gasteiger partial charge on any atom is -0.434 e. The van der Waals surface area contributed by atoms with E-state index in [0.717, 1.165) is 12.8 Å². The summed E-state index contributed by atoms with van der Waals surface area (Å²) < 4.78 is 9.77. The predicted molar refractivity (Wildman–Crippen MR) is 121 cm³/mol. The molecule has 0 saturated carbocycles. The smallest absolute Gasteiger partial charge is 0.434 e. The molecule has 0 aromatic heterocycles. The lowest BCUT2D eigenvalue weighted by molar-refractivity contribution is -0.131. The molecule has 2 amide bonds. The second kappa shape index (κ2) is 11.3. The Bertz CT molecular complexity index is 942. The van der Waals surface area contributed by atoms with Gasteiger partial charge in [-0.1, -0.05) is 24.3 Å². The van der Waals surface area contributed by atoms with Gasteiger partial charge in [0.05, 0.1) is 6.61 Å². The molecule has 2 aromatic rings. The summed E-state index contributed by atoms with van der Waals surface area (Å²) in [5.74, 6) is 0.353. The Hall–Kier alpha value is -3.35. The number of hydrogen-bond donors (Lipinski definition) is 0. The molecule has 1 saturated heterocycles. The number of benzene rings is 2. The van der Waals surface area contributed by atoms with Crippen molar-refractivity contribution < 1.29 is 23.9 Å². The molecule has 0 atom stereocenters. The largest absolute Gasteiger partial charge is 0.513 e. The van der Waals surface area contributed by atoms with E-state index in [4.69, 9.17) is 9.47 Å². The molecule has 0 unspecified atom stereocenters. The number of carbonyl (C=O) groups excluding carboxylic acids is 3. The quantitative estimate of drug-likeness (QED) is 0.506. The lowest BCUT2D eigenvalue weighted by Gasteiger charge is -2.22. The lowest BCUT2D eigenvalue weighted by Crippen LogP contribution is -2.37. The Morgan fingerprint density at radius 1 is 0.906 bits per heavy atom. The molecule has 0 radical (unpaired) electrons. The van der Waals surface area contributed by atoms with E-state index in [1.165, 1.54) is 11.1 Å². The number of carbonyl (C=O) groups is 3. The number of ether oxygens (including phenoxy) is 2. The standard InChI is InChI=1S/C25H30N2O5/c1-3-31-25(30)32-22-12-9-21(10-13-22)24(29)27-16-6-15-26(17-18-27)23(28)14-11-20-8-5-4-7-19(20)2/h4-5,7-10,12-13H,3,6,11,14-18H2,1-2H3. The summed E-state index contributed by atoms with van der Waals surface area (Å²) >= 11 is 0. The van der Waals surface area contributed by atoms with Crippen molar-refractivity contribution in [2.45, 2.75) is 33.1 Å². The summed E-state index contributed by atoms with van der Waals surface area (Å²) in [4.78, 5) is 40.7. The van der Waals surface area contributed by atoms with Crippen LogP contribution in [0.5, 0.6) is 5.75 Å². The van der Waals surface area contributed by atoms with Crippen LogP contribution in [0.1, 0.15) is 41.3 Å². The molecule has 7 heteroatoms. The normalized spacial score (nSPS) is 13.9. The summed E-state index contributed by atoms with van der Waals surface area (Å²) in [6, 6.07) is 14.5. The van der Waals surface area contributed by atoms with Crippen LogP contribution in [0.4, 0.5) is 4.79 Å². The Morgan fingerprint density at radius 3 is 2.31 bits per heavy atom. The minimum atomic E-state index is -0.772. The van der Waals surface area contributed by atoms with Crippen molar-refractivity contribution >= 4 is 18.0 Å². The van der Waals surface area contributed by atoms with E-state index in [2.05, 4.69) is 19.1 Å². The summed E-state index contributed by atoms with van der Waals surface area (Å²) in [5.41, 5.74) is 2.91. The fourth-order valence-electron chi connectivity index (χ4n) is 3.75. The van der Waals surface area contributed by atoms with Gasteiger partial charge in [0, 0.05) is 38.2 Å². The van der Waals surface area contributed by atoms with E-state index in [9.17, 15) is 14.4 Å². The maximum atomic E-state index is 12.9. The number of hydrogen-bond acceptors (Lipinski definition) is 5. The van der Waals surface area contributed by atoms with Gasteiger partial charge >= 0.3 is 6.16 Å². The van der Waals surface area contributed by atoms with Crippen LogP contribution in [0.2, 0.25) is 0 Å². The van der Waals surface area contributed by atoms with Crippen LogP contribution >= 0.6 is 0 Å². The van der Waals surface area contributed by atoms with Crippen molar-refractivity contribution in [1.82, 2.24) is 9.80 Å². The molecule has 1 fully saturated rings. The molecule has 0 bridgehead atoms. The van der Waals surface area contributed by atoms with Gasteiger partial charge in [-0.3, -0.25) is 9.59 Å². The monoisotopic (exact) mass is 438 g/mol. The first-order valence-corrected chi connectivity index (χ1v) is 11.0. The van der Waals surface area contributed by atoms with E-state index >= 15 is 0 Å². The molecule has 0 spiro atoms. The SMILES string of the molecule is CCOC(=O)Oc1ccc(C(=O)N2CCCN(C(=O)CCc3ccccc3C)CC2)cc1. The number of aryl methyl sites for hydroxylation is 2. The van der Waals surface area contributed by atoms with Crippen molar-refractivity contribution in [3.8, 4) is 5.75 Å². The fourth-order valence-corrected chi connectivity index (χ4v) is 3.75. The van der Waals surface area contributed by atoms with E-state index in [-0.39, 0.29) is 18.4 Å². The van der Waals surface area contributed by atoms with Crippen LogP contribution in [0.15, 0.2) is 48.5 Å². The van der Waals surface area contributed by atoms with Crippen LogP contribution in [0.3, 0.4) is 0 Å². The van der Waals surface area contributed by atoms with Crippen molar-refractivity contribution in [1.29, 1.82) is 0 Å². The molecule has 1 heterocycles. The molecule has 1 aliphatic heterocycles. The van der Waals surface area contributed by atoms with E-state index in [1.54, 1.807) is 36.1 Å². The van der Waals surface area contributed by atoms with Gasteiger partial charge in [0.2, 0.25) is 5.91 Å². The predicted octanol–water partition coefficient (Wildman–Crippen LogP) is 3.84. The molecule has 1 aliphatic rings. The van der Waals surface area contributed by atoms with Gasteiger partial charge in [-0.2, -0.15) is 0 Å². The van der Waals surface area contributed by atoms with Gasteiger partial charge in [0.1, 0.15) is 5.75 Å². The van der Waals surface area contributed by atoms with Crippen molar-refractivity contribution in [2.24, 2.45) is 0 Å². The molecule has 3 rings (SSSR count). The number of nitrogens with zero attached hydrogens (tertiary/aromatic N) is 2. The van der Waals surface area contributed by atoms with Gasteiger partial charge < -0.3 is 19.3 Å².